The van der Waals surface area contributed by atoms with E-state index in [0.29, 0.717) is 17.1 Å². The Balaban J connectivity index is 1.63. The van der Waals surface area contributed by atoms with Gasteiger partial charge >= 0.3 is 0 Å². The van der Waals surface area contributed by atoms with Crippen LogP contribution in [0.2, 0.25) is 0 Å². The normalized spacial score (nSPS) is 17.1. The first-order chi connectivity index (χ1) is 34.0. The highest BCUT2D eigenvalue weighted by Crippen LogP contribution is 2.48. The van der Waals surface area contributed by atoms with Crippen LogP contribution in [0, 0.1) is 0 Å². The summed E-state index contributed by atoms with van der Waals surface area (Å²) in [6, 6.07) is 15.1. The molecule has 0 unspecified atom stereocenters. The van der Waals surface area contributed by atoms with Crippen LogP contribution in [0.5, 0.6) is 0 Å². The summed E-state index contributed by atoms with van der Waals surface area (Å²) in [7, 11) is 0. The minimum Gasteiger partial charge on any atom is -0.311 e. The highest BCUT2D eigenvalue weighted by molar-refractivity contribution is 7.00. The van der Waals surface area contributed by atoms with Gasteiger partial charge in [0.15, 0.2) is 0 Å². The number of para-hydroxylation sites is 3. The molecule has 0 bridgehead atoms. The third kappa shape index (κ3) is 6.49. The van der Waals surface area contributed by atoms with Gasteiger partial charge in [-0.05, 0) is 122 Å². The van der Waals surface area contributed by atoms with Crippen LogP contribution in [-0.2, 0) is 16.2 Å². The molecule has 9 rings (SSSR count). The van der Waals surface area contributed by atoms with Crippen molar-refractivity contribution in [3.05, 3.63) is 180 Å². The second kappa shape index (κ2) is 13.8. The molecule has 0 atom stereocenters. The van der Waals surface area contributed by atoms with Crippen molar-refractivity contribution in [2.75, 3.05) is 14.7 Å². The minimum atomic E-state index is -1.30. The van der Waals surface area contributed by atoms with Crippen molar-refractivity contribution >= 4 is 74.3 Å². The van der Waals surface area contributed by atoms with E-state index in [1.807, 2.05) is 86.3 Å². The van der Waals surface area contributed by atoms with Crippen molar-refractivity contribution in [3.63, 3.8) is 0 Å². The standard InChI is InChI=1S/C54H54BN3/c1-52(2,3)37-25-29-43(30-26-37)58-48-32-28-39(54(7,8)9)34-46(48)55-45-33-38(53(4,5)6)27-31-47(45)57(42-23-17-12-18-24-42)49-35-44(36-50(58)51(49)55)56(40-19-13-10-14-20-40)41-21-15-11-16-22-41/h10-36H,1-9H3/i12D,17D,18D,23D,24D,25D,26D,27D,28D,29D,30D,31D,32D,33D,34D. The molecular weight excluding hydrogens is 701 g/mol. The number of fused-ring (bicyclic) bond motifs is 4. The Hall–Kier alpha value is -6.00. The molecule has 2 aliphatic heterocycles. The van der Waals surface area contributed by atoms with Crippen molar-refractivity contribution < 1.29 is 20.6 Å². The molecule has 0 aliphatic carbocycles. The Morgan fingerprint density at radius 3 is 1.29 bits per heavy atom. The Kier molecular flexibility index (Phi) is 5.74. The average Bonchev–Trinajstić information content (AvgIpc) is 3.31. The predicted molar refractivity (Wildman–Crippen MR) is 251 cm³/mol. The Morgan fingerprint density at radius 1 is 0.448 bits per heavy atom. The van der Waals surface area contributed by atoms with Crippen molar-refractivity contribution in [2.24, 2.45) is 0 Å². The Bertz CT molecular complexity index is 3400. The van der Waals surface area contributed by atoms with Gasteiger partial charge in [0.1, 0.15) is 0 Å². The van der Waals surface area contributed by atoms with E-state index in [9.17, 15) is 16.4 Å². The van der Waals surface area contributed by atoms with E-state index >= 15 is 0 Å². The predicted octanol–water partition coefficient (Wildman–Crippen LogP) is 13.1. The number of hydrogen-bond donors (Lipinski definition) is 0. The summed E-state index contributed by atoms with van der Waals surface area (Å²) >= 11 is 0. The van der Waals surface area contributed by atoms with Crippen molar-refractivity contribution in [1.29, 1.82) is 0 Å². The van der Waals surface area contributed by atoms with Gasteiger partial charge in [0.05, 0.1) is 26.2 Å². The van der Waals surface area contributed by atoms with E-state index in [1.165, 1.54) is 9.80 Å². The summed E-state index contributed by atoms with van der Waals surface area (Å²) in [6.45, 7) is 14.9. The maximum atomic E-state index is 10.3. The first kappa shape index (κ1) is 24.0. The van der Waals surface area contributed by atoms with Crippen LogP contribution in [0.25, 0.3) is 0 Å². The van der Waals surface area contributed by atoms with Crippen LogP contribution >= 0.6 is 0 Å². The number of nitrogens with zero attached hydrogens (tertiary/aromatic N) is 3. The zero-order valence-corrected chi connectivity index (χ0v) is 34.3. The van der Waals surface area contributed by atoms with E-state index in [-0.39, 0.29) is 97.8 Å². The molecular formula is C54H54BN3. The summed E-state index contributed by atoms with van der Waals surface area (Å²) in [5, 5.41) is 0. The molecule has 0 aromatic heterocycles. The van der Waals surface area contributed by atoms with Crippen molar-refractivity contribution in [1.82, 2.24) is 0 Å². The van der Waals surface area contributed by atoms with Gasteiger partial charge in [-0.25, -0.2) is 0 Å². The highest BCUT2D eigenvalue weighted by Gasteiger charge is 2.45. The van der Waals surface area contributed by atoms with Crippen LogP contribution in [0.15, 0.2) is 163 Å². The van der Waals surface area contributed by atoms with E-state index in [0.717, 1.165) is 0 Å². The number of benzene rings is 7. The Morgan fingerprint density at radius 2 is 0.862 bits per heavy atom. The van der Waals surface area contributed by atoms with Gasteiger partial charge in [0.25, 0.3) is 6.71 Å². The largest absolute Gasteiger partial charge is 0.311 e. The Labute approximate surface area is 367 Å². The van der Waals surface area contributed by atoms with Crippen LogP contribution in [0.1, 0.15) is 99.6 Å². The maximum Gasteiger partial charge on any atom is 0.252 e. The lowest BCUT2D eigenvalue weighted by molar-refractivity contribution is 0.590. The smallest absolute Gasteiger partial charge is 0.252 e. The van der Waals surface area contributed by atoms with Gasteiger partial charge in [-0.2, -0.15) is 0 Å². The van der Waals surface area contributed by atoms with Crippen molar-refractivity contribution in [3.8, 4) is 0 Å². The third-order valence-electron chi connectivity index (χ3n) is 10.6. The maximum absolute atomic E-state index is 10.3. The molecule has 0 spiro atoms. The van der Waals surface area contributed by atoms with Crippen LogP contribution in [0.3, 0.4) is 0 Å². The number of rotatable bonds is 5. The summed E-state index contributed by atoms with van der Waals surface area (Å²) < 4.78 is 145. The zero-order valence-electron chi connectivity index (χ0n) is 49.3. The van der Waals surface area contributed by atoms with Crippen LogP contribution in [-0.4, -0.2) is 6.71 Å². The first-order valence-corrected chi connectivity index (χ1v) is 19.6. The van der Waals surface area contributed by atoms with E-state index < -0.39 is 83.0 Å². The summed E-state index contributed by atoms with van der Waals surface area (Å²) in [5.74, 6) is 0. The molecule has 288 valence electrons. The van der Waals surface area contributed by atoms with Crippen LogP contribution < -0.4 is 31.1 Å². The average molecular weight is 771 g/mol. The van der Waals surface area contributed by atoms with E-state index in [2.05, 4.69) is 0 Å². The number of anilines is 9. The topological polar surface area (TPSA) is 9.72 Å². The van der Waals surface area contributed by atoms with Gasteiger partial charge in [-0.3, -0.25) is 0 Å². The molecule has 2 aliphatic rings. The SMILES string of the molecule is [2H]c1c([2H])c([2H])c(N2c3cc(N(c4ccccc4)c4ccccc4)cc4c3B(c3c([2H])c(C(C)(C)C)c([2H])c([2H])c32)c2c([2H])c(C(C)(C)C)c([2H])c([2H])c2N4c2c([2H])c([2H])c(C(C)(C)C)c([2H])c2[2H])c([2H])c1[2H]. The lowest BCUT2D eigenvalue weighted by atomic mass is 9.33. The minimum absolute atomic E-state index is 0.0382. The van der Waals surface area contributed by atoms with Gasteiger partial charge in [-0.1, -0.05) is 153 Å². The molecule has 58 heavy (non-hydrogen) atoms. The molecule has 3 nitrogen and oxygen atoms in total. The summed E-state index contributed by atoms with van der Waals surface area (Å²) in [4.78, 5) is 4.63. The number of hydrogen-bond acceptors (Lipinski definition) is 3. The molecule has 0 saturated carbocycles. The lowest BCUT2D eigenvalue weighted by Crippen LogP contribution is -2.61. The second-order valence-electron chi connectivity index (χ2n) is 18.0. The third-order valence-corrected chi connectivity index (χ3v) is 10.6. The molecule has 7 aromatic rings. The summed E-state index contributed by atoms with van der Waals surface area (Å²) in [6.07, 6.45) is 0. The molecule has 0 N–H and O–H groups in total. The quantitative estimate of drug-likeness (QED) is 0.161. The zero-order chi connectivity index (χ0) is 53.6. The fraction of sp³-hybridized carbons (Fsp3) is 0.222. The van der Waals surface area contributed by atoms with Gasteiger partial charge in [0, 0.05) is 45.5 Å². The van der Waals surface area contributed by atoms with Crippen LogP contribution in [0.4, 0.5) is 51.2 Å². The summed E-state index contributed by atoms with van der Waals surface area (Å²) in [5.41, 5.74) is -1.12. The molecule has 2 heterocycles. The van der Waals surface area contributed by atoms with E-state index in [4.69, 9.17) is 4.11 Å². The molecule has 0 radical (unpaired) electrons. The second-order valence-corrected chi connectivity index (χ2v) is 18.0. The first-order valence-electron chi connectivity index (χ1n) is 27.1. The lowest BCUT2D eigenvalue weighted by Gasteiger charge is -2.45. The van der Waals surface area contributed by atoms with Gasteiger partial charge in [-0.15, -0.1) is 0 Å². The molecule has 0 fully saturated rings. The molecule has 0 saturated heterocycles. The molecule has 4 heteroatoms. The van der Waals surface area contributed by atoms with Gasteiger partial charge in [0.2, 0.25) is 0 Å². The van der Waals surface area contributed by atoms with E-state index in [1.54, 1.807) is 53.7 Å². The molecule has 0 amide bonds. The highest BCUT2D eigenvalue weighted by atomic mass is 15.2. The molecule has 7 aromatic carbocycles. The van der Waals surface area contributed by atoms with Gasteiger partial charge < -0.3 is 14.7 Å². The van der Waals surface area contributed by atoms with Crippen molar-refractivity contribution in [2.45, 2.75) is 78.6 Å². The fourth-order valence-corrected chi connectivity index (χ4v) is 7.64. The fourth-order valence-electron chi connectivity index (χ4n) is 7.64. The monoisotopic (exact) mass is 771 g/mol.